The molecule has 2 rings (SSSR count). The van der Waals surface area contributed by atoms with Crippen LogP contribution in [0.15, 0.2) is 11.8 Å². The number of hydrogen-bond donors (Lipinski definition) is 0. The number of halogens is 7. The number of rotatable bonds is 2. The van der Waals surface area contributed by atoms with Gasteiger partial charge in [-0.15, -0.1) is 0 Å². The molecule has 1 aromatic carbocycles. The van der Waals surface area contributed by atoms with Crippen LogP contribution in [0.1, 0.15) is 38.8 Å². The Hall–Kier alpha value is -0.825. The monoisotopic (exact) mass is 402 g/mol. The van der Waals surface area contributed by atoms with Gasteiger partial charge in [0.2, 0.25) is 0 Å². The molecule has 1 heterocycles. The first-order valence-corrected chi connectivity index (χ1v) is 7.90. The summed E-state index contributed by atoms with van der Waals surface area (Å²) < 4.78 is 78.6. The average Bonchev–Trinajstić information content (AvgIpc) is 2.66. The lowest BCUT2D eigenvalue weighted by Crippen LogP contribution is -2.41. The van der Waals surface area contributed by atoms with Crippen molar-refractivity contribution in [3.05, 3.63) is 38.8 Å². The summed E-state index contributed by atoms with van der Waals surface area (Å²) in [4.78, 5) is 0. The fourth-order valence-electron chi connectivity index (χ4n) is 2.15. The third-order valence-electron chi connectivity index (χ3n) is 4.27. The zero-order valence-electron chi connectivity index (χ0n) is 13.7. The van der Waals surface area contributed by atoms with Crippen LogP contribution in [0.4, 0.5) is 22.0 Å². The quantitative estimate of drug-likeness (QED) is 0.338. The zero-order chi connectivity index (χ0) is 19.4. The third kappa shape index (κ3) is 3.82. The Bertz CT molecular complexity index is 716. The van der Waals surface area contributed by atoms with Crippen LogP contribution in [-0.2, 0) is 15.5 Å². The predicted octanol–water partition coefficient (Wildman–Crippen LogP) is 6.09. The van der Waals surface area contributed by atoms with E-state index in [0.29, 0.717) is 12.1 Å². The minimum atomic E-state index is -4.91. The van der Waals surface area contributed by atoms with Gasteiger partial charge in [0.1, 0.15) is 5.73 Å². The first-order chi connectivity index (χ1) is 11.2. The van der Waals surface area contributed by atoms with Crippen LogP contribution < -0.4 is 0 Å². The van der Waals surface area contributed by atoms with Crippen LogP contribution in [0.25, 0.3) is 6.08 Å². The van der Waals surface area contributed by atoms with Crippen molar-refractivity contribution >= 4 is 36.4 Å². The second-order valence-corrected chi connectivity index (χ2v) is 7.35. The molecule has 0 saturated carbocycles. The van der Waals surface area contributed by atoms with Crippen LogP contribution in [0, 0.1) is 5.82 Å². The highest BCUT2D eigenvalue weighted by molar-refractivity contribution is 6.54. The molecule has 1 aromatic rings. The molecular weight excluding hydrogens is 389 g/mol. The van der Waals surface area contributed by atoms with Crippen molar-refractivity contribution in [1.82, 2.24) is 0 Å². The highest BCUT2D eigenvalue weighted by Gasteiger charge is 2.53. The third-order valence-corrected chi connectivity index (χ3v) is 4.91. The summed E-state index contributed by atoms with van der Waals surface area (Å²) in [5, 5.41) is -1.75. The molecule has 0 radical (unpaired) electrons. The van der Waals surface area contributed by atoms with Crippen LogP contribution in [0.5, 0.6) is 0 Å². The minimum absolute atomic E-state index is 0.353. The maximum atomic E-state index is 14.5. The summed E-state index contributed by atoms with van der Waals surface area (Å²) in [6, 6.07) is 0.353. The van der Waals surface area contributed by atoms with Crippen molar-refractivity contribution in [1.29, 1.82) is 0 Å². The maximum Gasteiger partial charge on any atom is 0.525 e. The molecule has 138 valence electrons. The van der Waals surface area contributed by atoms with Gasteiger partial charge in [-0.2, -0.15) is 13.2 Å². The molecule has 10 heteroatoms. The lowest BCUT2D eigenvalue weighted by atomic mass is 9.86. The lowest BCUT2D eigenvalue weighted by Gasteiger charge is -2.32. The van der Waals surface area contributed by atoms with Gasteiger partial charge in [-0.25, -0.2) is 8.78 Å². The molecule has 0 aromatic heterocycles. The van der Waals surface area contributed by atoms with Gasteiger partial charge in [0, 0.05) is 5.56 Å². The number of benzene rings is 1. The highest BCUT2D eigenvalue weighted by Crippen LogP contribution is 2.42. The molecule has 0 amide bonds. The Morgan fingerprint density at radius 3 is 2.04 bits per heavy atom. The first-order valence-electron chi connectivity index (χ1n) is 7.15. The SMILES string of the molecule is CC1(C)OB(C(F)=Cc2c(C(F)(F)F)cc(Cl)c(F)c2Cl)OC1(C)C. The van der Waals surface area contributed by atoms with E-state index >= 15 is 0 Å². The molecule has 0 N–H and O–H groups in total. The van der Waals surface area contributed by atoms with Gasteiger partial charge in [0.25, 0.3) is 0 Å². The van der Waals surface area contributed by atoms with Crippen molar-refractivity contribution < 1.29 is 31.3 Å². The lowest BCUT2D eigenvalue weighted by molar-refractivity contribution is -0.137. The number of alkyl halides is 3. The molecule has 1 aliphatic rings. The summed E-state index contributed by atoms with van der Waals surface area (Å²) in [7, 11) is -1.54. The van der Waals surface area contributed by atoms with Gasteiger partial charge in [-0.3, -0.25) is 0 Å². The van der Waals surface area contributed by atoms with Gasteiger partial charge in [0.05, 0.1) is 26.8 Å². The van der Waals surface area contributed by atoms with Crippen LogP contribution in [0.2, 0.25) is 10.0 Å². The van der Waals surface area contributed by atoms with Crippen molar-refractivity contribution in [2.24, 2.45) is 0 Å². The summed E-state index contributed by atoms with van der Waals surface area (Å²) in [5.74, 6) is -1.27. The van der Waals surface area contributed by atoms with Gasteiger partial charge >= 0.3 is 13.3 Å². The summed E-state index contributed by atoms with van der Waals surface area (Å²) >= 11 is 11.0. The first kappa shape index (κ1) is 20.5. The van der Waals surface area contributed by atoms with Crippen LogP contribution in [0.3, 0.4) is 0 Å². The molecule has 2 nitrogen and oxygen atoms in total. The normalized spacial score (nSPS) is 20.3. The minimum Gasteiger partial charge on any atom is -0.398 e. The standard InChI is InChI=1S/C15H14BCl2F5O2/c1-13(2)14(3,4)25-16(24-13)10(19)5-7-8(15(21,22)23)6-9(17)12(20)11(7)18/h5-6H,1-4H3. The largest absolute Gasteiger partial charge is 0.525 e. The Labute approximate surface area is 152 Å². The molecule has 0 unspecified atom stereocenters. The molecule has 0 spiro atoms. The van der Waals surface area contributed by atoms with Crippen molar-refractivity contribution in [3.8, 4) is 0 Å². The molecule has 1 fully saturated rings. The fourth-order valence-corrected chi connectivity index (χ4v) is 2.66. The van der Waals surface area contributed by atoms with Crippen LogP contribution in [-0.4, -0.2) is 18.3 Å². The maximum absolute atomic E-state index is 14.5. The summed E-state index contributed by atoms with van der Waals surface area (Å²) in [6.07, 6.45) is -4.46. The van der Waals surface area contributed by atoms with E-state index in [0.717, 1.165) is 0 Å². The predicted molar refractivity (Wildman–Crippen MR) is 86.6 cm³/mol. The average molecular weight is 403 g/mol. The van der Waals surface area contributed by atoms with Gasteiger partial charge in [-0.1, -0.05) is 23.2 Å². The van der Waals surface area contributed by atoms with Gasteiger partial charge < -0.3 is 9.31 Å². The van der Waals surface area contributed by atoms with E-state index < -0.39 is 57.2 Å². The second-order valence-electron chi connectivity index (χ2n) is 6.56. The topological polar surface area (TPSA) is 18.5 Å². The molecule has 25 heavy (non-hydrogen) atoms. The van der Waals surface area contributed by atoms with Gasteiger partial charge in [0.15, 0.2) is 5.82 Å². The van der Waals surface area contributed by atoms with Crippen molar-refractivity contribution in [3.63, 3.8) is 0 Å². The van der Waals surface area contributed by atoms with E-state index in [1.54, 1.807) is 27.7 Å². The Kier molecular flexibility index (Phi) is 5.25. The van der Waals surface area contributed by atoms with Gasteiger partial charge in [-0.05, 0) is 39.8 Å². The van der Waals surface area contributed by atoms with Crippen LogP contribution >= 0.6 is 23.2 Å². The molecule has 0 atom stereocenters. The summed E-state index contributed by atoms with van der Waals surface area (Å²) in [5.41, 5.74) is -5.22. The van der Waals surface area contributed by atoms with Crippen molar-refractivity contribution in [2.75, 3.05) is 0 Å². The zero-order valence-corrected chi connectivity index (χ0v) is 15.2. The van der Waals surface area contributed by atoms with Crippen molar-refractivity contribution in [2.45, 2.75) is 45.1 Å². The molecule has 1 saturated heterocycles. The second kappa shape index (κ2) is 6.41. The number of hydrogen-bond acceptors (Lipinski definition) is 2. The fraction of sp³-hybridized carbons (Fsp3) is 0.467. The van der Waals surface area contributed by atoms with E-state index in [4.69, 9.17) is 32.5 Å². The molecular formula is C15H14BCl2F5O2. The summed E-state index contributed by atoms with van der Waals surface area (Å²) in [6.45, 7) is 6.60. The van der Waals surface area contributed by atoms with E-state index in [1.807, 2.05) is 0 Å². The van der Waals surface area contributed by atoms with E-state index in [2.05, 4.69) is 0 Å². The Balaban J connectivity index is 2.53. The molecule has 0 aliphatic carbocycles. The Morgan fingerprint density at radius 1 is 1.12 bits per heavy atom. The van der Waals surface area contributed by atoms with E-state index in [-0.39, 0.29) is 0 Å². The smallest absolute Gasteiger partial charge is 0.398 e. The van der Waals surface area contributed by atoms with E-state index in [9.17, 15) is 22.0 Å². The molecule has 1 aliphatic heterocycles. The highest BCUT2D eigenvalue weighted by atomic mass is 35.5. The van der Waals surface area contributed by atoms with E-state index in [1.165, 1.54) is 0 Å². The molecule has 0 bridgehead atoms. The Morgan fingerprint density at radius 2 is 1.60 bits per heavy atom.